The first-order chi connectivity index (χ1) is 15.6. The maximum absolute atomic E-state index is 13.0. The predicted octanol–water partition coefficient (Wildman–Crippen LogP) is 5.00. The molecule has 1 aliphatic heterocycles. The van der Waals surface area contributed by atoms with Crippen LogP contribution in [0.5, 0.6) is 0 Å². The minimum atomic E-state index is -3.74. The predicted molar refractivity (Wildman–Crippen MR) is 129 cm³/mol. The first-order valence-electron chi connectivity index (χ1n) is 10.3. The molecule has 1 atom stereocenters. The number of hydrogen-bond donors (Lipinski definition) is 1. The van der Waals surface area contributed by atoms with Gasteiger partial charge in [-0.15, -0.1) is 0 Å². The Balaban J connectivity index is 1.71. The molecule has 0 unspecified atom stereocenters. The molecule has 2 aromatic rings. The molecule has 0 bridgehead atoms. The number of benzene rings is 2. The van der Waals surface area contributed by atoms with E-state index in [-0.39, 0.29) is 45.4 Å². The molecule has 1 fully saturated rings. The second kappa shape index (κ2) is 11.1. The quantitative estimate of drug-likeness (QED) is 0.505. The fourth-order valence-corrected chi connectivity index (χ4v) is 6.12. The van der Waals surface area contributed by atoms with Crippen molar-refractivity contribution in [2.24, 2.45) is 5.92 Å². The zero-order valence-electron chi connectivity index (χ0n) is 17.8. The first-order valence-corrected chi connectivity index (χ1v) is 13.0. The lowest BCUT2D eigenvalue weighted by molar-refractivity contribution is -0.120. The number of sulfonamides is 1. The molecule has 0 radical (unpaired) electrons. The van der Waals surface area contributed by atoms with Crippen LogP contribution in [-0.2, 0) is 25.3 Å². The molecule has 11 heteroatoms. The first kappa shape index (κ1) is 25.8. The number of esters is 1. The van der Waals surface area contributed by atoms with Gasteiger partial charge < -0.3 is 10.1 Å². The molecule has 1 amide bonds. The highest BCUT2D eigenvalue weighted by Gasteiger charge is 2.33. The van der Waals surface area contributed by atoms with Gasteiger partial charge in [-0.1, -0.05) is 40.9 Å². The number of ether oxygens (including phenoxy) is 1. The molecule has 0 aliphatic carbocycles. The highest BCUT2D eigenvalue weighted by Crippen LogP contribution is 2.29. The van der Waals surface area contributed by atoms with Gasteiger partial charge in [0.25, 0.3) is 0 Å². The summed E-state index contributed by atoms with van der Waals surface area (Å²) in [5.41, 5.74) is 0.844. The van der Waals surface area contributed by atoms with Crippen LogP contribution in [0.25, 0.3) is 0 Å². The van der Waals surface area contributed by atoms with E-state index in [4.69, 9.17) is 39.5 Å². The number of nitrogens with zero attached hydrogens (tertiary/aromatic N) is 1. The molecule has 1 N–H and O–H groups in total. The topological polar surface area (TPSA) is 92.8 Å². The maximum Gasteiger partial charge on any atom is 0.339 e. The number of carbonyl (C=O) groups is 2. The summed E-state index contributed by atoms with van der Waals surface area (Å²) >= 11 is 18.3. The molecule has 33 heavy (non-hydrogen) atoms. The maximum atomic E-state index is 13.0. The normalized spacial score (nSPS) is 16.9. The molecule has 1 heterocycles. The zero-order chi connectivity index (χ0) is 24.2. The van der Waals surface area contributed by atoms with Crippen molar-refractivity contribution in [3.8, 4) is 0 Å². The van der Waals surface area contributed by atoms with E-state index < -0.39 is 21.9 Å². The average molecular weight is 534 g/mol. The van der Waals surface area contributed by atoms with Crippen LogP contribution in [0.1, 0.15) is 35.7 Å². The van der Waals surface area contributed by atoms with E-state index in [0.717, 1.165) is 0 Å². The van der Waals surface area contributed by atoms with Crippen molar-refractivity contribution in [1.29, 1.82) is 0 Å². The van der Waals surface area contributed by atoms with Crippen molar-refractivity contribution >= 4 is 62.4 Å². The summed E-state index contributed by atoms with van der Waals surface area (Å²) in [5, 5.41) is 3.51. The van der Waals surface area contributed by atoms with Gasteiger partial charge in [-0.05, 0) is 50.1 Å². The van der Waals surface area contributed by atoms with Crippen LogP contribution in [-0.4, -0.2) is 44.3 Å². The van der Waals surface area contributed by atoms with Crippen LogP contribution in [0.3, 0.4) is 0 Å². The fourth-order valence-electron chi connectivity index (χ4n) is 3.57. The molecular formula is C22H23Cl3N2O5S. The summed E-state index contributed by atoms with van der Waals surface area (Å²) in [5.74, 6) is -1.84. The molecule has 178 valence electrons. The number of rotatable bonds is 7. The summed E-state index contributed by atoms with van der Waals surface area (Å²) in [6.07, 6.45) is 1.06. The van der Waals surface area contributed by atoms with Crippen molar-refractivity contribution in [3.05, 3.63) is 62.6 Å². The molecule has 3 rings (SSSR count). The number of halogens is 3. The molecule has 1 aliphatic rings. The summed E-state index contributed by atoms with van der Waals surface area (Å²) in [7, 11) is -3.74. The Hall–Kier alpha value is -1.84. The van der Waals surface area contributed by atoms with E-state index in [2.05, 4.69) is 5.32 Å². The smallest absolute Gasteiger partial charge is 0.339 e. The Kier molecular flexibility index (Phi) is 8.64. The van der Waals surface area contributed by atoms with Crippen molar-refractivity contribution < 1.29 is 22.7 Å². The van der Waals surface area contributed by atoms with Gasteiger partial charge >= 0.3 is 5.97 Å². The number of amides is 1. The number of carbonyl (C=O) groups excluding carboxylic acids is 2. The summed E-state index contributed by atoms with van der Waals surface area (Å²) in [6, 6.07) is 9.32. The molecule has 0 spiro atoms. The van der Waals surface area contributed by atoms with Gasteiger partial charge in [0, 0.05) is 34.4 Å². The summed E-state index contributed by atoms with van der Waals surface area (Å²) in [6.45, 7) is 2.22. The average Bonchev–Trinajstić information content (AvgIpc) is 2.78. The Labute approximate surface area is 208 Å². The number of piperidine rings is 1. The molecule has 2 aromatic carbocycles. The standard InChI is InChI=1S/C22H23Cl3N2O5S/c1-2-32-22(29)16-11-15(8-9-20(16)25)26-21(28)14-5-4-10-27(12-14)33(30,31)13-17-18(23)6-3-7-19(17)24/h3,6-9,11,14H,2,4-5,10,12-13H2,1H3,(H,26,28)/t14-/m1/s1. The molecule has 1 saturated heterocycles. The van der Waals surface area contributed by atoms with Crippen LogP contribution in [0.15, 0.2) is 36.4 Å². The number of anilines is 1. The second-order valence-corrected chi connectivity index (χ2v) is 10.7. The van der Waals surface area contributed by atoms with Crippen molar-refractivity contribution in [1.82, 2.24) is 4.31 Å². The third-order valence-electron chi connectivity index (χ3n) is 5.27. The molecular weight excluding hydrogens is 511 g/mol. The lowest BCUT2D eigenvalue weighted by Gasteiger charge is -2.31. The number of nitrogens with one attached hydrogen (secondary N) is 1. The molecule has 0 saturated carbocycles. The largest absolute Gasteiger partial charge is 0.462 e. The van der Waals surface area contributed by atoms with Gasteiger partial charge in [0.15, 0.2) is 0 Å². The van der Waals surface area contributed by atoms with Gasteiger partial charge in [0.1, 0.15) is 0 Å². The van der Waals surface area contributed by atoms with Crippen LogP contribution in [0.4, 0.5) is 5.69 Å². The van der Waals surface area contributed by atoms with Gasteiger partial charge in [-0.2, -0.15) is 0 Å². The Morgan fingerprint density at radius 3 is 2.48 bits per heavy atom. The van der Waals surface area contributed by atoms with Crippen molar-refractivity contribution in [2.45, 2.75) is 25.5 Å². The second-order valence-electron chi connectivity index (χ2n) is 7.56. The third-order valence-corrected chi connectivity index (χ3v) is 8.08. The highest BCUT2D eigenvalue weighted by molar-refractivity contribution is 7.88. The Morgan fingerprint density at radius 1 is 1.12 bits per heavy atom. The molecule has 7 nitrogen and oxygen atoms in total. The van der Waals surface area contributed by atoms with Gasteiger partial charge in [0.2, 0.25) is 15.9 Å². The van der Waals surface area contributed by atoms with Gasteiger partial charge in [-0.25, -0.2) is 17.5 Å². The van der Waals surface area contributed by atoms with E-state index in [0.29, 0.717) is 30.6 Å². The molecule has 0 aromatic heterocycles. The van der Waals surface area contributed by atoms with Gasteiger partial charge in [-0.3, -0.25) is 4.79 Å². The van der Waals surface area contributed by atoms with Crippen molar-refractivity contribution in [2.75, 3.05) is 25.0 Å². The van der Waals surface area contributed by atoms with Crippen molar-refractivity contribution in [3.63, 3.8) is 0 Å². The number of hydrogen-bond acceptors (Lipinski definition) is 5. The summed E-state index contributed by atoms with van der Waals surface area (Å²) < 4.78 is 32.3. The lowest BCUT2D eigenvalue weighted by Crippen LogP contribution is -2.44. The minimum Gasteiger partial charge on any atom is -0.462 e. The van der Waals surface area contributed by atoms with Gasteiger partial charge in [0.05, 0.1) is 28.9 Å². The summed E-state index contributed by atoms with van der Waals surface area (Å²) in [4.78, 5) is 24.9. The van der Waals surface area contributed by atoms with Crippen LogP contribution >= 0.6 is 34.8 Å². The van der Waals surface area contributed by atoms with Crippen LogP contribution in [0.2, 0.25) is 15.1 Å². The van der Waals surface area contributed by atoms with E-state index >= 15 is 0 Å². The minimum absolute atomic E-state index is 0.0363. The van der Waals surface area contributed by atoms with Crippen LogP contribution in [0, 0.1) is 5.92 Å². The monoisotopic (exact) mass is 532 g/mol. The van der Waals surface area contributed by atoms with Crippen LogP contribution < -0.4 is 5.32 Å². The highest BCUT2D eigenvalue weighted by atomic mass is 35.5. The fraction of sp³-hybridized carbons (Fsp3) is 0.364. The Morgan fingerprint density at radius 2 is 1.82 bits per heavy atom. The van der Waals surface area contributed by atoms with E-state index in [1.807, 2.05) is 0 Å². The third kappa shape index (κ3) is 6.39. The van der Waals surface area contributed by atoms with E-state index in [9.17, 15) is 18.0 Å². The van der Waals surface area contributed by atoms with E-state index in [1.54, 1.807) is 31.2 Å². The zero-order valence-corrected chi connectivity index (χ0v) is 20.9. The lowest BCUT2D eigenvalue weighted by atomic mass is 9.98. The SMILES string of the molecule is CCOC(=O)c1cc(NC(=O)[C@@H]2CCCN(S(=O)(=O)Cc3c(Cl)cccc3Cl)C2)ccc1Cl. The Bertz CT molecular complexity index is 1140. The van der Waals surface area contributed by atoms with E-state index in [1.165, 1.54) is 16.4 Å².